The summed E-state index contributed by atoms with van der Waals surface area (Å²) in [4.78, 5) is 9.71. The fourth-order valence-corrected chi connectivity index (χ4v) is 0.698. The lowest BCUT2D eigenvalue weighted by Crippen LogP contribution is -2.36. The van der Waals surface area contributed by atoms with Crippen molar-refractivity contribution in [2.45, 2.75) is 31.1 Å². The molecule has 0 aromatic carbocycles. The van der Waals surface area contributed by atoms with E-state index in [0.29, 0.717) is 0 Å². The molecule has 0 amide bonds. The van der Waals surface area contributed by atoms with E-state index >= 15 is 0 Å². The Kier molecular flexibility index (Phi) is 3.78. The highest BCUT2D eigenvalue weighted by atomic mass is 19.3. The van der Waals surface area contributed by atoms with Crippen molar-refractivity contribution in [2.75, 3.05) is 0 Å². The molecule has 0 bridgehead atoms. The number of halogens is 6. The van der Waals surface area contributed by atoms with Crippen molar-refractivity contribution in [3.8, 4) is 0 Å². The molecule has 0 unspecified atom stereocenters. The number of carboxylic acids is 1. The van der Waals surface area contributed by atoms with Gasteiger partial charge >= 0.3 is 11.9 Å². The van der Waals surface area contributed by atoms with Gasteiger partial charge in [-0.1, -0.05) is 0 Å². The second-order valence-corrected chi connectivity index (χ2v) is 2.64. The topological polar surface area (TPSA) is 37.3 Å². The summed E-state index contributed by atoms with van der Waals surface area (Å²) >= 11 is 0. The first kappa shape index (κ1) is 13.0. The Hall–Kier alpha value is -0.950. The molecule has 0 saturated heterocycles. The van der Waals surface area contributed by atoms with E-state index in [9.17, 15) is 31.1 Å². The Morgan fingerprint density at radius 1 is 1.21 bits per heavy atom. The van der Waals surface area contributed by atoms with Crippen LogP contribution in [0.2, 0.25) is 0 Å². The van der Waals surface area contributed by atoms with Crippen LogP contribution in [-0.4, -0.2) is 29.3 Å². The molecule has 0 spiro atoms. The largest absolute Gasteiger partial charge is 0.477 e. The lowest BCUT2D eigenvalue weighted by atomic mass is 10.1. The SMILES string of the molecule is O=C(O)C(F)(F)CC(F)(F)CC(F)F. The zero-order valence-electron chi connectivity index (χ0n) is 6.61. The number of rotatable bonds is 5. The van der Waals surface area contributed by atoms with E-state index < -0.39 is 37.1 Å². The molecule has 0 aromatic rings. The number of hydrogen-bond acceptors (Lipinski definition) is 1. The molecule has 0 rings (SSSR count). The summed E-state index contributed by atoms with van der Waals surface area (Å²) in [5.41, 5.74) is 0. The maximum absolute atomic E-state index is 12.3. The molecular weight excluding hydrogens is 218 g/mol. The van der Waals surface area contributed by atoms with Gasteiger partial charge in [0.05, 0.1) is 12.8 Å². The number of carboxylic acid groups (broad SMARTS) is 1. The van der Waals surface area contributed by atoms with E-state index in [1.54, 1.807) is 0 Å². The van der Waals surface area contributed by atoms with E-state index in [4.69, 9.17) is 5.11 Å². The highest BCUT2D eigenvalue weighted by Crippen LogP contribution is 2.34. The van der Waals surface area contributed by atoms with Gasteiger partial charge in [0.15, 0.2) is 0 Å². The molecule has 0 aliphatic carbocycles. The van der Waals surface area contributed by atoms with E-state index in [1.165, 1.54) is 0 Å². The van der Waals surface area contributed by atoms with Crippen LogP contribution in [0.3, 0.4) is 0 Å². The molecule has 0 aliphatic rings. The summed E-state index contributed by atoms with van der Waals surface area (Å²) in [6.45, 7) is 0. The summed E-state index contributed by atoms with van der Waals surface area (Å²) in [6, 6.07) is 0. The van der Waals surface area contributed by atoms with E-state index in [-0.39, 0.29) is 0 Å². The highest BCUT2D eigenvalue weighted by Gasteiger charge is 2.49. The molecule has 0 heterocycles. The molecular formula is C6H6F6O2. The van der Waals surface area contributed by atoms with Crippen LogP contribution < -0.4 is 0 Å². The van der Waals surface area contributed by atoms with E-state index in [0.717, 1.165) is 0 Å². The van der Waals surface area contributed by atoms with Crippen molar-refractivity contribution in [1.82, 2.24) is 0 Å². The Morgan fingerprint density at radius 2 is 1.64 bits per heavy atom. The minimum Gasteiger partial charge on any atom is -0.477 e. The van der Waals surface area contributed by atoms with Crippen LogP contribution in [-0.2, 0) is 4.79 Å². The molecule has 8 heteroatoms. The first-order valence-corrected chi connectivity index (χ1v) is 3.34. The van der Waals surface area contributed by atoms with E-state index in [1.807, 2.05) is 0 Å². The van der Waals surface area contributed by atoms with Gasteiger partial charge < -0.3 is 5.11 Å². The van der Waals surface area contributed by atoms with Gasteiger partial charge in [-0.2, -0.15) is 8.78 Å². The fraction of sp³-hybridized carbons (Fsp3) is 0.833. The Bertz CT molecular complexity index is 214. The third-order valence-corrected chi connectivity index (χ3v) is 1.25. The first-order valence-electron chi connectivity index (χ1n) is 3.34. The predicted octanol–water partition coefficient (Wildman–Crippen LogP) is 2.39. The van der Waals surface area contributed by atoms with Gasteiger partial charge in [-0.05, 0) is 0 Å². The van der Waals surface area contributed by atoms with Crippen molar-refractivity contribution in [2.24, 2.45) is 0 Å². The Balaban J connectivity index is 4.42. The lowest BCUT2D eigenvalue weighted by Gasteiger charge is -2.19. The third-order valence-electron chi connectivity index (χ3n) is 1.25. The van der Waals surface area contributed by atoms with Crippen LogP contribution in [0.1, 0.15) is 12.8 Å². The summed E-state index contributed by atoms with van der Waals surface area (Å²) in [5.74, 6) is -11.8. The average Bonchev–Trinajstić information content (AvgIpc) is 1.79. The molecule has 0 aliphatic heterocycles. The molecule has 0 aromatic heterocycles. The summed E-state index contributed by atoms with van der Waals surface area (Å²) in [6.07, 6.45) is -7.95. The second kappa shape index (κ2) is 4.05. The van der Waals surface area contributed by atoms with E-state index in [2.05, 4.69) is 0 Å². The van der Waals surface area contributed by atoms with Crippen molar-refractivity contribution in [1.29, 1.82) is 0 Å². The summed E-state index contributed by atoms with van der Waals surface area (Å²) in [7, 11) is 0. The molecule has 0 saturated carbocycles. The maximum atomic E-state index is 12.3. The monoisotopic (exact) mass is 224 g/mol. The predicted molar refractivity (Wildman–Crippen MR) is 32.8 cm³/mol. The van der Waals surface area contributed by atoms with Crippen LogP contribution in [0.25, 0.3) is 0 Å². The zero-order chi connectivity index (χ0) is 11.6. The fourth-order valence-electron chi connectivity index (χ4n) is 0.698. The average molecular weight is 224 g/mol. The highest BCUT2D eigenvalue weighted by molar-refractivity contribution is 5.75. The number of carbonyl (C=O) groups is 1. The number of alkyl halides is 6. The van der Waals surface area contributed by atoms with Crippen LogP contribution in [0, 0.1) is 0 Å². The van der Waals surface area contributed by atoms with Crippen molar-refractivity contribution in [3.05, 3.63) is 0 Å². The normalized spacial score (nSPS) is 13.4. The zero-order valence-corrected chi connectivity index (χ0v) is 6.61. The summed E-state index contributed by atoms with van der Waals surface area (Å²) in [5, 5.41) is 7.77. The quantitative estimate of drug-likeness (QED) is 0.728. The summed E-state index contributed by atoms with van der Waals surface area (Å²) < 4.78 is 71.8. The molecule has 14 heavy (non-hydrogen) atoms. The second-order valence-electron chi connectivity index (χ2n) is 2.64. The van der Waals surface area contributed by atoms with Gasteiger partial charge in [-0.3, -0.25) is 0 Å². The Morgan fingerprint density at radius 3 is 1.93 bits per heavy atom. The van der Waals surface area contributed by atoms with Gasteiger partial charge in [0, 0.05) is 0 Å². The van der Waals surface area contributed by atoms with Crippen molar-refractivity contribution >= 4 is 5.97 Å². The van der Waals surface area contributed by atoms with Crippen LogP contribution in [0.15, 0.2) is 0 Å². The minimum atomic E-state index is -4.70. The number of hydrogen-bond donors (Lipinski definition) is 1. The molecule has 0 fully saturated rings. The molecule has 2 nitrogen and oxygen atoms in total. The smallest absolute Gasteiger partial charge is 0.374 e. The van der Waals surface area contributed by atoms with Crippen molar-refractivity contribution in [3.63, 3.8) is 0 Å². The minimum absolute atomic E-state index is 2.07. The van der Waals surface area contributed by atoms with Crippen molar-refractivity contribution < 1.29 is 36.2 Å². The van der Waals surface area contributed by atoms with Gasteiger partial charge in [-0.25, -0.2) is 22.4 Å². The standard InChI is InChI=1S/C6H6F6O2/c7-3(8)1-5(9,10)2-6(11,12)4(13)14/h3H,1-2H2,(H,13,14). The maximum Gasteiger partial charge on any atom is 0.374 e. The van der Waals surface area contributed by atoms with Crippen LogP contribution in [0.5, 0.6) is 0 Å². The van der Waals surface area contributed by atoms with Gasteiger partial charge in [0.25, 0.3) is 5.92 Å². The van der Waals surface area contributed by atoms with Gasteiger partial charge in [-0.15, -0.1) is 0 Å². The first-order chi connectivity index (χ1) is 6.07. The molecule has 0 radical (unpaired) electrons. The molecule has 0 atom stereocenters. The van der Waals surface area contributed by atoms with Crippen LogP contribution >= 0.6 is 0 Å². The Labute approximate surface area is 74.5 Å². The van der Waals surface area contributed by atoms with Gasteiger partial charge in [0.2, 0.25) is 6.43 Å². The van der Waals surface area contributed by atoms with Crippen LogP contribution in [0.4, 0.5) is 26.3 Å². The lowest BCUT2D eigenvalue weighted by molar-refractivity contribution is -0.181. The molecule has 84 valence electrons. The molecule has 1 N–H and O–H groups in total. The van der Waals surface area contributed by atoms with Gasteiger partial charge in [0.1, 0.15) is 0 Å². The third kappa shape index (κ3) is 4.33. The number of aliphatic carboxylic acids is 1.